The number of thioether (sulfide) groups is 1. The van der Waals surface area contributed by atoms with E-state index in [1.807, 2.05) is 60.7 Å². The third kappa shape index (κ3) is 4.15. The fourth-order valence-corrected chi connectivity index (χ4v) is 4.28. The lowest BCUT2D eigenvalue weighted by Crippen LogP contribution is -2.30. The number of halogens is 1. The number of amides is 2. The first-order chi connectivity index (χ1) is 14.1. The van der Waals surface area contributed by atoms with E-state index in [0.717, 1.165) is 11.1 Å². The van der Waals surface area contributed by atoms with E-state index < -0.39 is 0 Å². The van der Waals surface area contributed by atoms with Crippen LogP contribution in [0.4, 0.5) is 4.39 Å². The number of hydrogen-bond donors (Lipinski definition) is 0. The van der Waals surface area contributed by atoms with Crippen molar-refractivity contribution in [2.24, 2.45) is 0 Å². The van der Waals surface area contributed by atoms with Gasteiger partial charge in [0.05, 0.1) is 17.0 Å². The minimum Gasteiger partial charge on any atom is -0.269 e. The molecule has 0 bridgehead atoms. The van der Waals surface area contributed by atoms with Crippen molar-refractivity contribution in [2.45, 2.75) is 12.3 Å². The second kappa shape index (κ2) is 8.45. The molecule has 1 aliphatic heterocycles. The summed E-state index contributed by atoms with van der Waals surface area (Å²) in [7, 11) is 0. The van der Waals surface area contributed by atoms with Crippen LogP contribution in [0.25, 0.3) is 5.57 Å². The van der Waals surface area contributed by atoms with Crippen LogP contribution >= 0.6 is 11.8 Å². The van der Waals surface area contributed by atoms with Crippen LogP contribution in [0.3, 0.4) is 0 Å². The quantitative estimate of drug-likeness (QED) is 0.541. The third-order valence-corrected chi connectivity index (χ3v) is 5.81. The minimum absolute atomic E-state index is 0.207. The van der Waals surface area contributed by atoms with Gasteiger partial charge in [-0.05, 0) is 28.8 Å². The zero-order valence-electron chi connectivity index (χ0n) is 15.5. The lowest BCUT2D eigenvalue weighted by Gasteiger charge is -2.15. The average molecular weight is 403 g/mol. The van der Waals surface area contributed by atoms with Crippen LogP contribution in [0.5, 0.6) is 0 Å². The molecular weight excluding hydrogens is 385 g/mol. The Hall–Kier alpha value is -3.18. The SMILES string of the molecule is O=C1C(SCc2ccccc2)=C(c2ccc(F)cc2)C(=O)N1Cc1ccccc1. The summed E-state index contributed by atoms with van der Waals surface area (Å²) in [6.07, 6.45) is 0. The van der Waals surface area contributed by atoms with Crippen molar-refractivity contribution in [1.29, 1.82) is 0 Å². The maximum Gasteiger partial charge on any atom is 0.268 e. The molecule has 0 unspecified atom stereocenters. The Kier molecular flexibility index (Phi) is 5.58. The van der Waals surface area contributed by atoms with Gasteiger partial charge in [-0.2, -0.15) is 0 Å². The fourth-order valence-electron chi connectivity index (χ4n) is 3.20. The molecule has 0 aromatic heterocycles. The van der Waals surface area contributed by atoms with E-state index in [0.29, 0.717) is 21.8 Å². The molecule has 5 heteroatoms. The molecule has 0 saturated heterocycles. The van der Waals surface area contributed by atoms with Crippen molar-refractivity contribution >= 4 is 29.1 Å². The van der Waals surface area contributed by atoms with Gasteiger partial charge in [0.25, 0.3) is 11.8 Å². The summed E-state index contributed by atoms with van der Waals surface area (Å²) < 4.78 is 13.4. The van der Waals surface area contributed by atoms with Crippen LogP contribution in [-0.4, -0.2) is 16.7 Å². The first kappa shape index (κ1) is 19.2. The van der Waals surface area contributed by atoms with Crippen LogP contribution in [0, 0.1) is 5.82 Å². The van der Waals surface area contributed by atoms with Crippen LogP contribution in [0.1, 0.15) is 16.7 Å². The smallest absolute Gasteiger partial charge is 0.268 e. The molecule has 144 valence electrons. The van der Waals surface area contributed by atoms with E-state index in [1.165, 1.54) is 28.8 Å². The van der Waals surface area contributed by atoms with Gasteiger partial charge in [0.2, 0.25) is 0 Å². The van der Waals surface area contributed by atoms with Crippen molar-refractivity contribution in [3.05, 3.63) is 112 Å². The van der Waals surface area contributed by atoms with Crippen molar-refractivity contribution in [2.75, 3.05) is 0 Å². The molecule has 1 heterocycles. The molecule has 29 heavy (non-hydrogen) atoms. The van der Waals surface area contributed by atoms with Gasteiger partial charge in [-0.15, -0.1) is 11.8 Å². The predicted octanol–water partition coefficient (Wildman–Crippen LogP) is 5.04. The molecule has 1 aliphatic rings. The first-order valence-corrected chi connectivity index (χ1v) is 10.2. The Labute approximate surface area is 172 Å². The minimum atomic E-state index is -0.384. The summed E-state index contributed by atoms with van der Waals surface area (Å²) >= 11 is 1.34. The Morgan fingerprint density at radius 2 is 1.31 bits per heavy atom. The number of benzene rings is 3. The molecule has 2 amide bonds. The summed E-state index contributed by atoms with van der Waals surface area (Å²) in [6, 6.07) is 24.9. The van der Waals surface area contributed by atoms with Gasteiger partial charge in [-0.25, -0.2) is 4.39 Å². The molecule has 4 rings (SSSR count). The summed E-state index contributed by atoms with van der Waals surface area (Å²) in [5.41, 5.74) is 2.83. The highest BCUT2D eigenvalue weighted by molar-refractivity contribution is 8.03. The van der Waals surface area contributed by atoms with Crippen molar-refractivity contribution < 1.29 is 14.0 Å². The van der Waals surface area contributed by atoms with Gasteiger partial charge < -0.3 is 0 Å². The lowest BCUT2D eigenvalue weighted by molar-refractivity contribution is -0.137. The molecule has 0 spiro atoms. The average Bonchev–Trinajstić information content (AvgIpc) is 2.98. The molecule has 0 radical (unpaired) electrons. The number of nitrogens with zero attached hydrogens (tertiary/aromatic N) is 1. The number of carbonyl (C=O) groups is 2. The Balaban J connectivity index is 1.67. The molecule has 0 fully saturated rings. The summed E-state index contributed by atoms with van der Waals surface area (Å²) in [5.74, 6) is -0.468. The van der Waals surface area contributed by atoms with E-state index in [-0.39, 0.29) is 24.2 Å². The largest absolute Gasteiger partial charge is 0.269 e. The molecule has 3 aromatic rings. The maximum atomic E-state index is 13.4. The van der Waals surface area contributed by atoms with E-state index in [1.54, 1.807) is 12.1 Å². The van der Waals surface area contributed by atoms with E-state index in [2.05, 4.69) is 0 Å². The lowest BCUT2D eigenvalue weighted by atomic mass is 10.1. The third-order valence-electron chi connectivity index (χ3n) is 4.67. The van der Waals surface area contributed by atoms with Crippen LogP contribution in [0.15, 0.2) is 89.8 Å². The van der Waals surface area contributed by atoms with Gasteiger partial charge in [-0.1, -0.05) is 72.8 Å². The number of imide groups is 1. The Morgan fingerprint density at radius 3 is 1.93 bits per heavy atom. The highest BCUT2D eigenvalue weighted by Crippen LogP contribution is 2.38. The first-order valence-electron chi connectivity index (χ1n) is 9.20. The molecule has 0 N–H and O–H groups in total. The van der Waals surface area contributed by atoms with Gasteiger partial charge in [0.15, 0.2) is 0 Å². The topological polar surface area (TPSA) is 37.4 Å². The van der Waals surface area contributed by atoms with Gasteiger partial charge in [0, 0.05) is 5.75 Å². The van der Waals surface area contributed by atoms with Crippen LogP contribution < -0.4 is 0 Å². The second-order valence-electron chi connectivity index (χ2n) is 6.67. The maximum absolute atomic E-state index is 13.4. The highest BCUT2D eigenvalue weighted by Gasteiger charge is 2.39. The summed E-state index contributed by atoms with van der Waals surface area (Å²) in [4.78, 5) is 28.0. The molecule has 0 aliphatic carbocycles. The summed E-state index contributed by atoms with van der Waals surface area (Å²) in [5, 5.41) is 0. The Bertz CT molecular complexity index is 1060. The van der Waals surface area contributed by atoms with Crippen LogP contribution in [-0.2, 0) is 21.9 Å². The molecule has 3 nitrogen and oxygen atoms in total. The molecule has 0 atom stereocenters. The number of hydrogen-bond acceptors (Lipinski definition) is 3. The number of carbonyl (C=O) groups excluding carboxylic acids is 2. The van der Waals surface area contributed by atoms with Gasteiger partial charge in [0.1, 0.15) is 5.82 Å². The standard InChI is InChI=1S/C24H18FNO2S/c25-20-13-11-19(12-14-20)21-22(29-16-18-9-5-2-6-10-18)24(28)26(23(21)27)15-17-7-3-1-4-8-17/h1-14H,15-16H2. The van der Waals surface area contributed by atoms with E-state index >= 15 is 0 Å². The highest BCUT2D eigenvalue weighted by atomic mass is 32.2. The van der Waals surface area contributed by atoms with Crippen molar-refractivity contribution in [3.63, 3.8) is 0 Å². The monoisotopic (exact) mass is 403 g/mol. The number of rotatable bonds is 6. The molecule has 0 saturated carbocycles. The van der Waals surface area contributed by atoms with E-state index in [9.17, 15) is 14.0 Å². The normalized spacial score (nSPS) is 14.0. The second-order valence-corrected chi connectivity index (χ2v) is 7.65. The Morgan fingerprint density at radius 1 is 0.724 bits per heavy atom. The van der Waals surface area contributed by atoms with Crippen molar-refractivity contribution in [3.8, 4) is 0 Å². The predicted molar refractivity (Wildman–Crippen MR) is 113 cm³/mol. The zero-order chi connectivity index (χ0) is 20.2. The molecular formula is C24H18FNO2S. The van der Waals surface area contributed by atoms with Crippen LogP contribution in [0.2, 0.25) is 0 Å². The zero-order valence-corrected chi connectivity index (χ0v) is 16.4. The van der Waals surface area contributed by atoms with Gasteiger partial charge >= 0.3 is 0 Å². The fraction of sp³-hybridized carbons (Fsp3) is 0.0833. The van der Waals surface area contributed by atoms with Crippen molar-refractivity contribution in [1.82, 2.24) is 4.90 Å². The molecule has 3 aromatic carbocycles. The van der Waals surface area contributed by atoms with Gasteiger partial charge in [-0.3, -0.25) is 14.5 Å². The van der Waals surface area contributed by atoms with E-state index in [4.69, 9.17) is 0 Å². The summed E-state index contributed by atoms with van der Waals surface area (Å²) in [6.45, 7) is 0.207.